The van der Waals surface area contributed by atoms with Crippen molar-refractivity contribution in [2.75, 3.05) is 11.9 Å². The second-order valence-electron chi connectivity index (χ2n) is 4.62. The Hall–Kier alpha value is -2.10. The number of ether oxygens (including phenoxy) is 1. The van der Waals surface area contributed by atoms with Crippen molar-refractivity contribution in [3.63, 3.8) is 0 Å². The smallest absolute Gasteiger partial charge is 0.222 e. The normalized spacial score (nSPS) is 17.0. The van der Waals surface area contributed by atoms with Crippen LogP contribution >= 0.6 is 0 Å². The van der Waals surface area contributed by atoms with Crippen LogP contribution in [-0.2, 0) is 12.8 Å². The SMILES string of the molecule is CCOc1ccc2c(c1)CC(Nc1nc[c]cn1)C2. The molecule has 1 unspecified atom stereocenters. The lowest BCUT2D eigenvalue weighted by atomic mass is 10.1. The van der Waals surface area contributed by atoms with E-state index < -0.39 is 0 Å². The van der Waals surface area contributed by atoms with Crippen molar-refractivity contribution in [3.8, 4) is 5.75 Å². The highest BCUT2D eigenvalue weighted by molar-refractivity contribution is 5.42. The molecule has 19 heavy (non-hydrogen) atoms. The maximum Gasteiger partial charge on any atom is 0.222 e. The Morgan fingerprint density at radius 2 is 2.05 bits per heavy atom. The number of fused-ring (bicyclic) bond motifs is 1. The molecule has 1 aromatic carbocycles. The fourth-order valence-electron chi connectivity index (χ4n) is 2.47. The number of rotatable bonds is 4. The molecule has 3 rings (SSSR count). The highest BCUT2D eigenvalue weighted by atomic mass is 16.5. The molecule has 0 spiro atoms. The molecule has 97 valence electrons. The van der Waals surface area contributed by atoms with Crippen molar-refractivity contribution in [3.05, 3.63) is 47.8 Å². The van der Waals surface area contributed by atoms with Gasteiger partial charge in [-0.15, -0.1) is 0 Å². The zero-order valence-corrected chi connectivity index (χ0v) is 10.9. The molecule has 1 atom stereocenters. The van der Waals surface area contributed by atoms with E-state index in [9.17, 15) is 0 Å². The number of aromatic nitrogens is 2. The van der Waals surface area contributed by atoms with Gasteiger partial charge in [-0.05, 0) is 43.0 Å². The molecule has 2 aromatic rings. The molecule has 0 saturated carbocycles. The molecule has 0 bridgehead atoms. The average Bonchev–Trinajstić information content (AvgIpc) is 2.82. The molecule has 1 aliphatic carbocycles. The van der Waals surface area contributed by atoms with Crippen LogP contribution in [0.2, 0.25) is 0 Å². The molecular weight excluding hydrogens is 238 g/mol. The molecule has 4 nitrogen and oxygen atoms in total. The van der Waals surface area contributed by atoms with Gasteiger partial charge in [-0.3, -0.25) is 0 Å². The van der Waals surface area contributed by atoms with E-state index in [1.165, 1.54) is 11.1 Å². The van der Waals surface area contributed by atoms with Crippen LogP contribution in [0.5, 0.6) is 5.75 Å². The third-order valence-corrected chi connectivity index (χ3v) is 3.28. The van der Waals surface area contributed by atoms with Gasteiger partial charge in [0.05, 0.1) is 6.61 Å². The summed E-state index contributed by atoms with van der Waals surface area (Å²) < 4.78 is 5.54. The van der Waals surface area contributed by atoms with Crippen LogP contribution in [0, 0.1) is 6.07 Å². The largest absolute Gasteiger partial charge is 0.494 e. The lowest BCUT2D eigenvalue weighted by Gasteiger charge is -2.10. The monoisotopic (exact) mass is 254 g/mol. The van der Waals surface area contributed by atoms with Gasteiger partial charge >= 0.3 is 0 Å². The molecule has 4 heteroatoms. The minimum absolute atomic E-state index is 0.356. The lowest BCUT2D eigenvalue weighted by Crippen LogP contribution is -2.20. The number of hydrogen-bond donors (Lipinski definition) is 1. The summed E-state index contributed by atoms with van der Waals surface area (Å²) in [7, 11) is 0. The fourth-order valence-corrected chi connectivity index (χ4v) is 2.47. The van der Waals surface area contributed by atoms with Crippen LogP contribution in [0.25, 0.3) is 0 Å². The Labute approximate surface area is 112 Å². The fraction of sp³-hybridized carbons (Fsp3) is 0.333. The van der Waals surface area contributed by atoms with Gasteiger partial charge in [0.25, 0.3) is 0 Å². The summed E-state index contributed by atoms with van der Waals surface area (Å²) in [5.74, 6) is 1.62. The summed E-state index contributed by atoms with van der Waals surface area (Å²) in [5.41, 5.74) is 2.73. The summed E-state index contributed by atoms with van der Waals surface area (Å²) in [6.07, 6.45) is 5.25. The quantitative estimate of drug-likeness (QED) is 0.909. The van der Waals surface area contributed by atoms with Crippen LogP contribution in [0.15, 0.2) is 30.6 Å². The van der Waals surface area contributed by atoms with Crippen LogP contribution in [0.3, 0.4) is 0 Å². The van der Waals surface area contributed by atoms with Crippen LogP contribution < -0.4 is 10.1 Å². The Kier molecular flexibility index (Phi) is 3.31. The first kappa shape index (κ1) is 12.0. The standard InChI is InChI=1S/C15H16N3O/c1-2-19-14-5-4-11-8-13(9-12(11)10-14)18-15-16-6-3-7-17-15/h4-7,10,13H,2,8-9H2,1H3,(H,16,17,18). The number of hydrogen-bond acceptors (Lipinski definition) is 4. The molecule has 1 heterocycles. The third-order valence-electron chi connectivity index (χ3n) is 3.28. The first-order valence-electron chi connectivity index (χ1n) is 6.54. The van der Waals surface area contributed by atoms with E-state index in [1.54, 1.807) is 12.4 Å². The first-order valence-corrected chi connectivity index (χ1v) is 6.54. The van der Waals surface area contributed by atoms with Gasteiger partial charge in [-0.25, -0.2) is 9.97 Å². The molecule has 1 N–H and O–H groups in total. The summed E-state index contributed by atoms with van der Waals surface area (Å²) in [5, 5.41) is 3.36. The second kappa shape index (κ2) is 5.26. The number of nitrogens with zero attached hydrogens (tertiary/aromatic N) is 2. The summed E-state index contributed by atoms with van der Waals surface area (Å²) >= 11 is 0. The van der Waals surface area contributed by atoms with Crippen molar-refractivity contribution in [2.45, 2.75) is 25.8 Å². The van der Waals surface area contributed by atoms with Crippen LogP contribution in [0.4, 0.5) is 5.95 Å². The zero-order chi connectivity index (χ0) is 13.1. The van der Waals surface area contributed by atoms with Gasteiger partial charge in [-0.2, -0.15) is 0 Å². The van der Waals surface area contributed by atoms with E-state index in [2.05, 4.69) is 33.5 Å². The predicted molar refractivity (Wildman–Crippen MR) is 73.3 cm³/mol. The van der Waals surface area contributed by atoms with Crippen molar-refractivity contribution < 1.29 is 4.74 Å². The maximum absolute atomic E-state index is 5.54. The highest BCUT2D eigenvalue weighted by Crippen LogP contribution is 2.27. The summed E-state index contributed by atoms with van der Waals surface area (Å²) in [6.45, 7) is 2.70. The zero-order valence-electron chi connectivity index (χ0n) is 10.9. The Balaban J connectivity index is 1.70. The molecule has 1 aliphatic rings. The van der Waals surface area contributed by atoms with Crippen molar-refractivity contribution in [1.29, 1.82) is 0 Å². The molecule has 0 aliphatic heterocycles. The summed E-state index contributed by atoms with van der Waals surface area (Å²) in [6, 6.07) is 9.51. The number of anilines is 1. The average molecular weight is 254 g/mol. The van der Waals surface area contributed by atoms with Crippen molar-refractivity contribution in [1.82, 2.24) is 9.97 Å². The van der Waals surface area contributed by atoms with E-state index in [0.717, 1.165) is 18.6 Å². The summed E-state index contributed by atoms with van der Waals surface area (Å²) in [4.78, 5) is 8.30. The number of nitrogens with one attached hydrogen (secondary N) is 1. The minimum atomic E-state index is 0.356. The molecular formula is C15H16N3O. The van der Waals surface area contributed by atoms with Crippen molar-refractivity contribution >= 4 is 5.95 Å². The van der Waals surface area contributed by atoms with E-state index in [-0.39, 0.29) is 0 Å². The van der Waals surface area contributed by atoms with Gasteiger partial charge in [0, 0.05) is 24.5 Å². The molecule has 1 radical (unpaired) electrons. The molecule has 0 amide bonds. The van der Waals surface area contributed by atoms with Gasteiger partial charge in [0.1, 0.15) is 5.75 Å². The Morgan fingerprint density at radius 1 is 1.26 bits per heavy atom. The van der Waals surface area contributed by atoms with E-state index >= 15 is 0 Å². The topological polar surface area (TPSA) is 47.0 Å². The van der Waals surface area contributed by atoms with E-state index in [4.69, 9.17) is 4.74 Å². The Bertz CT molecular complexity index is 557. The third kappa shape index (κ3) is 2.67. The maximum atomic E-state index is 5.54. The van der Waals surface area contributed by atoms with Crippen LogP contribution in [-0.4, -0.2) is 22.6 Å². The lowest BCUT2D eigenvalue weighted by molar-refractivity contribution is 0.340. The van der Waals surface area contributed by atoms with Crippen LogP contribution in [0.1, 0.15) is 18.1 Å². The number of benzene rings is 1. The highest BCUT2D eigenvalue weighted by Gasteiger charge is 2.22. The second-order valence-corrected chi connectivity index (χ2v) is 4.62. The first-order chi connectivity index (χ1) is 9.35. The molecule has 0 fully saturated rings. The van der Waals surface area contributed by atoms with Gasteiger partial charge in [0.15, 0.2) is 0 Å². The van der Waals surface area contributed by atoms with E-state index in [0.29, 0.717) is 18.6 Å². The minimum Gasteiger partial charge on any atom is -0.494 e. The van der Waals surface area contributed by atoms with Crippen molar-refractivity contribution in [2.24, 2.45) is 0 Å². The van der Waals surface area contributed by atoms with Gasteiger partial charge in [0.2, 0.25) is 5.95 Å². The molecule has 1 aromatic heterocycles. The molecule has 0 saturated heterocycles. The van der Waals surface area contributed by atoms with Gasteiger partial charge in [-0.1, -0.05) is 6.07 Å². The van der Waals surface area contributed by atoms with Gasteiger partial charge < -0.3 is 10.1 Å². The predicted octanol–water partition coefficient (Wildman–Crippen LogP) is 2.25. The van der Waals surface area contributed by atoms with E-state index in [1.807, 2.05) is 13.0 Å². The Morgan fingerprint density at radius 3 is 2.84 bits per heavy atom.